The zero-order chi connectivity index (χ0) is 18.4. The number of methoxy groups -OCH3 is 1. The van der Waals surface area contributed by atoms with Gasteiger partial charge < -0.3 is 15.4 Å². The van der Waals surface area contributed by atoms with Crippen LogP contribution in [0.5, 0.6) is 5.75 Å². The highest BCUT2D eigenvalue weighted by molar-refractivity contribution is 6.39. The van der Waals surface area contributed by atoms with E-state index in [2.05, 4.69) is 5.32 Å². The van der Waals surface area contributed by atoms with Crippen LogP contribution in [0.4, 0.5) is 18.9 Å². The number of amides is 2. The zero-order valence-corrected chi connectivity index (χ0v) is 13.2. The molecule has 0 aromatic heterocycles. The quantitative estimate of drug-likeness (QED) is 0.832. The van der Waals surface area contributed by atoms with Crippen molar-refractivity contribution in [2.75, 3.05) is 12.4 Å². The summed E-state index contributed by atoms with van der Waals surface area (Å²) >= 11 is 0. The maximum absolute atomic E-state index is 12.9. The third-order valence-electron chi connectivity index (χ3n) is 3.30. The third kappa shape index (κ3) is 4.97. The number of ether oxygens (including phenoxy) is 1. The first-order chi connectivity index (χ1) is 11.8. The monoisotopic (exact) mass is 352 g/mol. The average molecular weight is 352 g/mol. The van der Waals surface area contributed by atoms with E-state index in [1.807, 2.05) is 5.32 Å². The molecule has 0 saturated carbocycles. The highest BCUT2D eigenvalue weighted by atomic mass is 19.4. The van der Waals surface area contributed by atoms with Gasteiger partial charge in [0.2, 0.25) is 0 Å². The molecule has 0 aliphatic heterocycles. The lowest BCUT2D eigenvalue weighted by Crippen LogP contribution is -2.35. The predicted octanol–water partition coefficient (Wildman–Crippen LogP) is 2.97. The van der Waals surface area contributed by atoms with Crippen LogP contribution in [0, 0.1) is 0 Å². The lowest BCUT2D eigenvalue weighted by molar-refractivity contribution is -0.138. The number of nitrogens with one attached hydrogen (secondary N) is 2. The minimum absolute atomic E-state index is 0.0527. The molecule has 0 aliphatic rings. The molecule has 5 nitrogen and oxygen atoms in total. The van der Waals surface area contributed by atoms with Gasteiger partial charge in [0.15, 0.2) is 0 Å². The second-order valence-corrected chi connectivity index (χ2v) is 5.03. The van der Waals surface area contributed by atoms with Crippen LogP contribution in [0.2, 0.25) is 0 Å². The molecule has 0 aliphatic carbocycles. The van der Waals surface area contributed by atoms with Gasteiger partial charge >= 0.3 is 18.0 Å². The summed E-state index contributed by atoms with van der Waals surface area (Å²) in [5, 5.41) is 4.32. The summed E-state index contributed by atoms with van der Waals surface area (Å²) in [6.07, 6.45) is -4.64. The first-order valence-corrected chi connectivity index (χ1v) is 7.19. The molecule has 0 atom stereocenters. The van der Waals surface area contributed by atoms with Crippen molar-refractivity contribution < 1.29 is 27.5 Å². The van der Waals surface area contributed by atoms with Gasteiger partial charge in [0.25, 0.3) is 0 Å². The molecule has 0 saturated heterocycles. The molecule has 0 heterocycles. The van der Waals surface area contributed by atoms with Crippen LogP contribution in [0.3, 0.4) is 0 Å². The van der Waals surface area contributed by atoms with Crippen LogP contribution >= 0.6 is 0 Å². The molecular formula is C17H15F3N2O3. The summed E-state index contributed by atoms with van der Waals surface area (Å²) in [4.78, 5) is 23.6. The smallest absolute Gasteiger partial charge is 0.418 e. The van der Waals surface area contributed by atoms with E-state index in [1.54, 1.807) is 24.3 Å². The van der Waals surface area contributed by atoms with Crippen molar-refractivity contribution >= 4 is 17.5 Å². The normalized spacial score (nSPS) is 10.9. The Bertz CT molecular complexity index is 758. The minimum atomic E-state index is -4.64. The highest BCUT2D eigenvalue weighted by Crippen LogP contribution is 2.34. The molecule has 0 unspecified atom stereocenters. The number of hydrogen-bond donors (Lipinski definition) is 2. The van der Waals surface area contributed by atoms with Crippen molar-refractivity contribution in [2.45, 2.75) is 12.7 Å². The molecule has 0 radical (unpaired) electrons. The van der Waals surface area contributed by atoms with Gasteiger partial charge in [0.05, 0.1) is 18.4 Å². The van der Waals surface area contributed by atoms with Gasteiger partial charge in [0, 0.05) is 6.54 Å². The highest BCUT2D eigenvalue weighted by Gasteiger charge is 2.33. The Morgan fingerprint density at radius 1 is 1.00 bits per heavy atom. The van der Waals surface area contributed by atoms with Crippen molar-refractivity contribution in [3.63, 3.8) is 0 Å². The van der Waals surface area contributed by atoms with Crippen molar-refractivity contribution in [2.24, 2.45) is 0 Å². The van der Waals surface area contributed by atoms with Gasteiger partial charge in [0.1, 0.15) is 5.75 Å². The van der Waals surface area contributed by atoms with E-state index >= 15 is 0 Å². The molecule has 25 heavy (non-hydrogen) atoms. The summed E-state index contributed by atoms with van der Waals surface area (Å²) in [5.74, 6) is -1.57. The number of carbonyl (C=O) groups is 2. The van der Waals surface area contributed by atoms with Gasteiger partial charge in [-0.05, 0) is 29.8 Å². The standard InChI is InChI=1S/C17H15F3N2O3/c1-25-12-8-6-11(7-9-12)10-21-15(23)16(24)22-14-5-3-2-4-13(14)17(18,19)20/h2-9H,10H2,1H3,(H,21,23)(H,22,24). The number of benzene rings is 2. The van der Waals surface area contributed by atoms with E-state index in [4.69, 9.17) is 4.74 Å². The third-order valence-corrected chi connectivity index (χ3v) is 3.30. The molecule has 2 aromatic rings. The van der Waals surface area contributed by atoms with Gasteiger partial charge in [-0.25, -0.2) is 0 Å². The van der Waals surface area contributed by atoms with Crippen LogP contribution in [0.15, 0.2) is 48.5 Å². The van der Waals surface area contributed by atoms with Crippen LogP contribution in [0.1, 0.15) is 11.1 Å². The Hall–Kier alpha value is -3.03. The first-order valence-electron chi connectivity index (χ1n) is 7.19. The lowest BCUT2D eigenvalue weighted by Gasteiger charge is -2.13. The Morgan fingerprint density at radius 2 is 1.64 bits per heavy atom. The second kappa shape index (κ2) is 7.69. The SMILES string of the molecule is COc1ccc(CNC(=O)C(=O)Nc2ccccc2C(F)(F)F)cc1. The Kier molecular flexibility index (Phi) is 5.63. The topological polar surface area (TPSA) is 67.4 Å². The van der Waals surface area contributed by atoms with Gasteiger partial charge in [-0.3, -0.25) is 9.59 Å². The molecule has 2 rings (SSSR count). The summed E-state index contributed by atoms with van der Waals surface area (Å²) < 4.78 is 43.6. The summed E-state index contributed by atoms with van der Waals surface area (Å²) in [6, 6.07) is 11.2. The number of alkyl halides is 3. The van der Waals surface area contributed by atoms with Crippen molar-refractivity contribution in [3.8, 4) is 5.75 Å². The minimum Gasteiger partial charge on any atom is -0.497 e. The lowest BCUT2D eigenvalue weighted by atomic mass is 10.1. The largest absolute Gasteiger partial charge is 0.497 e. The number of rotatable bonds is 4. The molecule has 0 fully saturated rings. The van der Waals surface area contributed by atoms with Gasteiger partial charge in [-0.2, -0.15) is 13.2 Å². The van der Waals surface area contributed by atoms with Crippen LogP contribution < -0.4 is 15.4 Å². The number of halogens is 3. The Labute approximate surface area is 141 Å². The molecular weight excluding hydrogens is 337 g/mol. The number of carbonyl (C=O) groups excluding carboxylic acids is 2. The van der Waals surface area contributed by atoms with Crippen LogP contribution in [0.25, 0.3) is 0 Å². The second-order valence-electron chi connectivity index (χ2n) is 5.03. The fourth-order valence-electron chi connectivity index (χ4n) is 2.02. The summed E-state index contributed by atoms with van der Waals surface area (Å²) in [5.41, 5.74) is -0.788. The Balaban J connectivity index is 1.98. The number of hydrogen-bond acceptors (Lipinski definition) is 3. The molecule has 132 valence electrons. The van der Waals surface area contributed by atoms with E-state index in [9.17, 15) is 22.8 Å². The van der Waals surface area contributed by atoms with E-state index in [0.29, 0.717) is 11.3 Å². The summed E-state index contributed by atoms with van der Waals surface area (Å²) in [6.45, 7) is 0.0527. The molecule has 2 amide bonds. The van der Waals surface area contributed by atoms with Crippen molar-refractivity contribution in [3.05, 3.63) is 59.7 Å². The summed E-state index contributed by atoms with van der Waals surface area (Å²) in [7, 11) is 1.51. The molecule has 2 N–H and O–H groups in total. The maximum atomic E-state index is 12.9. The van der Waals surface area contributed by atoms with E-state index < -0.39 is 29.2 Å². The van der Waals surface area contributed by atoms with Crippen molar-refractivity contribution in [1.82, 2.24) is 5.32 Å². The molecule has 0 spiro atoms. The Morgan fingerprint density at radius 3 is 2.24 bits per heavy atom. The van der Waals surface area contributed by atoms with Crippen molar-refractivity contribution in [1.29, 1.82) is 0 Å². The average Bonchev–Trinajstić information content (AvgIpc) is 2.59. The molecule has 2 aromatic carbocycles. The fourth-order valence-corrected chi connectivity index (χ4v) is 2.02. The van der Waals surface area contributed by atoms with Crippen LogP contribution in [-0.2, 0) is 22.3 Å². The van der Waals surface area contributed by atoms with Gasteiger partial charge in [-0.15, -0.1) is 0 Å². The van der Waals surface area contributed by atoms with Gasteiger partial charge in [-0.1, -0.05) is 24.3 Å². The number of anilines is 1. The molecule has 0 bridgehead atoms. The maximum Gasteiger partial charge on any atom is 0.418 e. The zero-order valence-electron chi connectivity index (χ0n) is 13.2. The first kappa shape index (κ1) is 18.3. The number of para-hydroxylation sites is 1. The predicted molar refractivity (Wildman–Crippen MR) is 84.9 cm³/mol. The van der Waals surface area contributed by atoms with E-state index in [0.717, 1.165) is 12.1 Å². The fraction of sp³-hybridized carbons (Fsp3) is 0.176. The molecule has 8 heteroatoms. The van der Waals surface area contributed by atoms with Crippen LogP contribution in [-0.4, -0.2) is 18.9 Å². The van der Waals surface area contributed by atoms with E-state index in [-0.39, 0.29) is 6.54 Å². The van der Waals surface area contributed by atoms with E-state index in [1.165, 1.54) is 19.2 Å².